The van der Waals surface area contributed by atoms with Crippen LogP contribution in [0.15, 0.2) is 0 Å². The summed E-state index contributed by atoms with van der Waals surface area (Å²) in [6.07, 6.45) is 6.06. The molecule has 1 saturated carbocycles. The molecule has 2 unspecified atom stereocenters. The average Bonchev–Trinajstić information content (AvgIpc) is 2.37. The topological polar surface area (TPSA) is 20.2 Å². The van der Waals surface area contributed by atoms with E-state index in [1.165, 1.54) is 31.4 Å². The van der Waals surface area contributed by atoms with Crippen LogP contribution in [0.25, 0.3) is 0 Å². The Hall–Kier alpha value is 0.310. The lowest BCUT2D eigenvalue weighted by atomic mass is 10.3. The molecule has 1 N–H and O–H groups in total. The summed E-state index contributed by atoms with van der Waals surface area (Å²) in [7, 11) is 0. The van der Waals surface area contributed by atoms with Crippen molar-refractivity contribution in [2.75, 3.05) is 5.75 Å². The van der Waals surface area contributed by atoms with E-state index in [2.05, 4.69) is 6.92 Å². The van der Waals surface area contributed by atoms with Crippen LogP contribution in [0.3, 0.4) is 0 Å². The summed E-state index contributed by atoms with van der Waals surface area (Å²) >= 11 is 1.97. The van der Waals surface area contributed by atoms with Gasteiger partial charge < -0.3 is 5.11 Å². The third kappa shape index (κ3) is 3.04. The first kappa shape index (κ1) is 9.40. The van der Waals surface area contributed by atoms with Gasteiger partial charge in [-0.1, -0.05) is 13.3 Å². The molecule has 0 saturated heterocycles. The molecule has 0 aromatic heterocycles. The van der Waals surface area contributed by atoms with E-state index in [4.69, 9.17) is 0 Å². The van der Waals surface area contributed by atoms with Crippen molar-refractivity contribution in [2.45, 2.75) is 50.4 Å². The second-order valence-electron chi connectivity index (χ2n) is 3.26. The zero-order valence-electron chi connectivity index (χ0n) is 7.25. The smallest absolute Gasteiger partial charge is 0.0658 e. The number of hydrogen-bond acceptors (Lipinski definition) is 2. The number of aliphatic hydroxyl groups excluding tert-OH is 1. The van der Waals surface area contributed by atoms with Crippen molar-refractivity contribution in [2.24, 2.45) is 0 Å². The lowest BCUT2D eigenvalue weighted by molar-refractivity contribution is 0.188. The third-order valence-electron chi connectivity index (χ3n) is 2.25. The first-order valence-corrected chi connectivity index (χ1v) is 5.69. The zero-order chi connectivity index (χ0) is 8.10. The molecule has 66 valence electrons. The molecule has 0 heterocycles. The Morgan fingerprint density at radius 2 is 2.27 bits per heavy atom. The fourth-order valence-electron chi connectivity index (χ4n) is 1.48. The molecule has 1 aliphatic carbocycles. The molecule has 0 aromatic carbocycles. The van der Waals surface area contributed by atoms with E-state index in [1.54, 1.807) is 0 Å². The molecule has 0 spiro atoms. The van der Waals surface area contributed by atoms with Gasteiger partial charge in [0.1, 0.15) is 0 Å². The van der Waals surface area contributed by atoms with Crippen LogP contribution in [0.5, 0.6) is 0 Å². The average molecular weight is 174 g/mol. The maximum absolute atomic E-state index is 9.47. The van der Waals surface area contributed by atoms with Crippen LogP contribution in [0, 0.1) is 0 Å². The summed E-state index contributed by atoms with van der Waals surface area (Å²) in [5, 5.41) is 10.0. The Kier molecular flexibility index (Phi) is 4.31. The highest BCUT2D eigenvalue weighted by Gasteiger charge is 2.24. The SMILES string of the molecule is CCCCSC1CCCC1O. The molecule has 0 bridgehead atoms. The van der Waals surface area contributed by atoms with Crippen molar-refractivity contribution in [1.29, 1.82) is 0 Å². The van der Waals surface area contributed by atoms with Gasteiger partial charge in [-0.15, -0.1) is 0 Å². The molecule has 1 fully saturated rings. The maximum Gasteiger partial charge on any atom is 0.0658 e. The minimum absolute atomic E-state index is 0.00291. The molecule has 0 amide bonds. The van der Waals surface area contributed by atoms with E-state index in [-0.39, 0.29) is 6.10 Å². The molecule has 1 rings (SSSR count). The van der Waals surface area contributed by atoms with Gasteiger partial charge in [0.05, 0.1) is 6.10 Å². The van der Waals surface area contributed by atoms with Crippen molar-refractivity contribution in [3.63, 3.8) is 0 Å². The number of hydrogen-bond donors (Lipinski definition) is 1. The molecule has 0 aromatic rings. The zero-order valence-corrected chi connectivity index (χ0v) is 8.07. The van der Waals surface area contributed by atoms with Crippen molar-refractivity contribution in [3.05, 3.63) is 0 Å². The normalized spacial score (nSPS) is 31.1. The van der Waals surface area contributed by atoms with Crippen molar-refractivity contribution < 1.29 is 5.11 Å². The first-order valence-electron chi connectivity index (χ1n) is 4.64. The number of rotatable bonds is 4. The van der Waals surface area contributed by atoms with Gasteiger partial charge in [-0.25, -0.2) is 0 Å². The number of unbranched alkanes of at least 4 members (excludes halogenated alkanes) is 1. The van der Waals surface area contributed by atoms with Crippen LogP contribution in [-0.2, 0) is 0 Å². The molecule has 0 radical (unpaired) electrons. The lowest BCUT2D eigenvalue weighted by Gasteiger charge is -2.12. The molecular weight excluding hydrogens is 156 g/mol. The van der Waals surface area contributed by atoms with Crippen molar-refractivity contribution >= 4 is 11.8 Å². The van der Waals surface area contributed by atoms with Gasteiger partial charge in [-0.05, 0) is 31.4 Å². The number of thioether (sulfide) groups is 1. The van der Waals surface area contributed by atoms with E-state index in [1.807, 2.05) is 11.8 Å². The molecule has 2 heteroatoms. The summed E-state index contributed by atoms with van der Waals surface area (Å²) in [6.45, 7) is 2.21. The van der Waals surface area contributed by atoms with Crippen LogP contribution in [0.2, 0.25) is 0 Å². The summed E-state index contributed by atoms with van der Waals surface area (Å²) in [6, 6.07) is 0. The monoisotopic (exact) mass is 174 g/mol. The van der Waals surface area contributed by atoms with E-state index < -0.39 is 0 Å². The van der Waals surface area contributed by atoms with Gasteiger partial charge in [0.2, 0.25) is 0 Å². The number of aliphatic hydroxyl groups is 1. The summed E-state index contributed by atoms with van der Waals surface area (Å²) in [5.74, 6) is 1.23. The molecule has 0 aliphatic heterocycles. The van der Waals surface area contributed by atoms with Gasteiger partial charge in [0.15, 0.2) is 0 Å². The van der Waals surface area contributed by atoms with Gasteiger partial charge >= 0.3 is 0 Å². The minimum atomic E-state index is -0.00291. The Labute approximate surface area is 73.6 Å². The highest BCUT2D eigenvalue weighted by atomic mass is 32.2. The highest BCUT2D eigenvalue weighted by molar-refractivity contribution is 7.99. The standard InChI is InChI=1S/C9H18OS/c1-2-3-7-11-9-6-4-5-8(9)10/h8-10H,2-7H2,1H3. The fourth-order valence-corrected chi connectivity index (χ4v) is 2.93. The Bertz CT molecular complexity index is 106. The Morgan fingerprint density at radius 1 is 1.45 bits per heavy atom. The Morgan fingerprint density at radius 3 is 2.82 bits per heavy atom. The van der Waals surface area contributed by atoms with E-state index in [0.717, 1.165) is 6.42 Å². The van der Waals surface area contributed by atoms with Crippen LogP contribution in [-0.4, -0.2) is 22.2 Å². The second kappa shape index (κ2) is 5.04. The van der Waals surface area contributed by atoms with Crippen molar-refractivity contribution in [1.82, 2.24) is 0 Å². The molecule has 1 aliphatic rings. The van der Waals surface area contributed by atoms with Gasteiger partial charge in [-0.3, -0.25) is 0 Å². The van der Waals surface area contributed by atoms with Crippen LogP contribution in [0.1, 0.15) is 39.0 Å². The van der Waals surface area contributed by atoms with Crippen LogP contribution in [0.4, 0.5) is 0 Å². The summed E-state index contributed by atoms with van der Waals surface area (Å²) in [5.41, 5.74) is 0. The fraction of sp³-hybridized carbons (Fsp3) is 1.00. The molecule has 11 heavy (non-hydrogen) atoms. The quantitative estimate of drug-likeness (QED) is 0.661. The van der Waals surface area contributed by atoms with Gasteiger partial charge in [-0.2, -0.15) is 11.8 Å². The van der Waals surface area contributed by atoms with Crippen LogP contribution >= 0.6 is 11.8 Å². The molecule has 2 atom stereocenters. The first-order chi connectivity index (χ1) is 5.34. The highest BCUT2D eigenvalue weighted by Crippen LogP contribution is 2.30. The Balaban J connectivity index is 2.05. The predicted octanol–water partition coefficient (Wildman–Crippen LogP) is 2.43. The van der Waals surface area contributed by atoms with Crippen molar-refractivity contribution in [3.8, 4) is 0 Å². The summed E-state index contributed by atoms with van der Waals surface area (Å²) < 4.78 is 0. The molecular formula is C9H18OS. The second-order valence-corrected chi connectivity index (χ2v) is 4.61. The van der Waals surface area contributed by atoms with Gasteiger partial charge in [0.25, 0.3) is 0 Å². The van der Waals surface area contributed by atoms with E-state index >= 15 is 0 Å². The largest absolute Gasteiger partial charge is 0.392 e. The molecule has 1 nitrogen and oxygen atoms in total. The maximum atomic E-state index is 9.47. The lowest BCUT2D eigenvalue weighted by Crippen LogP contribution is -2.15. The van der Waals surface area contributed by atoms with Crippen LogP contribution < -0.4 is 0 Å². The minimum Gasteiger partial charge on any atom is -0.392 e. The van der Waals surface area contributed by atoms with E-state index in [9.17, 15) is 5.11 Å². The predicted molar refractivity (Wildman–Crippen MR) is 51.0 cm³/mol. The third-order valence-corrected chi connectivity index (χ3v) is 3.75. The van der Waals surface area contributed by atoms with Gasteiger partial charge in [0, 0.05) is 5.25 Å². The summed E-state index contributed by atoms with van der Waals surface area (Å²) in [4.78, 5) is 0. The van der Waals surface area contributed by atoms with E-state index in [0.29, 0.717) is 5.25 Å².